The van der Waals surface area contributed by atoms with E-state index in [1.165, 1.54) is 6.39 Å². The Morgan fingerprint density at radius 3 is 2.64 bits per heavy atom. The van der Waals surface area contributed by atoms with Gasteiger partial charge in [-0.05, 0) is 31.0 Å². The minimum atomic E-state index is -1.02. The van der Waals surface area contributed by atoms with Crippen LogP contribution in [-0.2, 0) is 11.2 Å². The van der Waals surface area contributed by atoms with Gasteiger partial charge >= 0.3 is 5.97 Å². The predicted molar refractivity (Wildman–Crippen MR) is 76.9 cm³/mol. The molecule has 0 spiro atoms. The molecule has 0 saturated carbocycles. The van der Waals surface area contributed by atoms with Crippen LogP contribution < -0.4 is 10.1 Å². The number of carboxylic acid groups (broad SMARTS) is 1. The number of aromatic nitrogens is 1. The highest BCUT2D eigenvalue weighted by Gasteiger charge is 2.12. The summed E-state index contributed by atoms with van der Waals surface area (Å²) in [5.41, 5.74) is 1.55. The smallest absolute Gasteiger partial charge is 0.341 e. The number of oxazole rings is 1. The first-order valence-corrected chi connectivity index (χ1v) is 6.68. The van der Waals surface area contributed by atoms with E-state index in [-0.39, 0.29) is 18.3 Å². The molecule has 7 nitrogen and oxygen atoms in total. The van der Waals surface area contributed by atoms with Gasteiger partial charge in [-0.2, -0.15) is 0 Å². The van der Waals surface area contributed by atoms with E-state index in [1.54, 1.807) is 19.1 Å². The highest BCUT2D eigenvalue weighted by atomic mass is 16.5. The Morgan fingerprint density at radius 2 is 2.05 bits per heavy atom. The molecular weight excluding hydrogens is 288 g/mol. The number of carbonyl (C=O) groups is 2. The maximum absolute atomic E-state index is 11.8. The Morgan fingerprint density at radius 1 is 1.32 bits per heavy atom. The second-order valence-electron chi connectivity index (χ2n) is 4.60. The summed E-state index contributed by atoms with van der Waals surface area (Å²) in [5, 5.41) is 11.3. The average molecular weight is 304 g/mol. The number of aryl methyl sites for hydroxylation is 1. The molecule has 2 aromatic rings. The van der Waals surface area contributed by atoms with Crippen LogP contribution in [-0.4, -0.2) is 35.1 Å². The van der Waals surface area contributed by atoms with Crippen LogP contribution in [0.15, 0.2) is 35.1 Å². The fourth-order valence-electron chi connectivity index (χ4n) is 1.82. The molecule has 0 unspecified atom stereocenters. The van der Waals surface area contributed by atoms with Crippen LogP contribution in [0.1, 0.15) is 21.8 Å². The summed E-state index contributed by atoms with van der Waals surface area (Å²) in [4.78, 5) is 26.0. The van der Waals surface area contributed by atoms with Gasteiger partial charge in [-0.25, -0.2) is 9.78 Å². The second kappa shape index (κ2) is 7.26. The van der Waals surface area contributed by atoms with Gasteiger partial charge in [0.15, 0.2) is 13.0 Å². The zero-order valence-electron chi connectivity index (χ0n) is 12.0. The first-order valence-electron chi connectivity index (χ1n) is 6.68. The summed E-state index contributed by atoms with van der Waals surface area (Å²) < 4.78 is 10.0. The standard InChI is InChI=1S/C15H16N2O5/c1-10-14(22-9-17-10)15(20)16-7-6-11-2-4-12(5-3-11)21-8-13(18)19/h2-5,9H,6-8H2,1H3,(H,16,20)(H,18,19). The van der Waals surface area contributed by atoms with Crippen molar-refractivity contribution in [1.82, 2.24) is 10.3 Å². The number of nitrogens with one attached hydrogen (secondary N) is 1. The highest BCUT2D eigenvalue weighted by molar-refractivity contribution is 5.92. The van der Waals surface area contributed by atoms with Crippen LogP contribution in [0.25, 0.3) is 0 Å². The SMILES string of the molecule is Cc1ncoc1C(=O)NCCc1ccc(OCC(=O)O)cc1. The van der Waals surface area contributed by atoms with Gasteiger partial charge < -0.3 is 19.6 Å². The fraction of sp³-hybridized carbons (Fsp3) is 0.267. The van der Waals surface area contributed by atoms with Crippen molar-refractivity contribution in [3.63, 3.8) is 0 Å². The topological polar surface area (TPSA) is 102 Å². The molecule has 0 aliphatic rings. The van der Waals surface area contributed by atoms with Gasteiger partial charge in [0, 0.05) is 6.54 Å². The zero-order valence-corrected chi connectivity index (χ0v) is 12.0. The summed E-state index contributed by atoms with van der Waals surface area (Å²) >= 11 is 0. The van der Waals surface area contributed by atoms with Gasteiger partial charge in [0.2, 0.25) is 5.76 Å². The number of carboxylic acids is 1. The highest BCUT2D eigenvalue weighted by Crippen LogP contribution is 2.12. The van der Waals surface area contributed by atoms with E-state index in [1.807, 2.05) is 12.1 Å². The van der Waals surface area contributed by atoms with Crippen molar-refractivity contribution in [3.05, 3.63) is 47.7 Å². The zero-order chi connectivity index (χ0) is 15.9. The Labute approximate surface area is 126 Å². The number of hydrogen-bond donors (Lipinski definition) is 2. The molecule has 2 N–H and O–H groups in total. The van der Waals surface area contributed by atoms with Crippen molar-refractivity contribution in [2.75, 3.05) is 13.2 Å². The van der Waals surface area contributed by atoms with E-state index in [0.29, 0.717) is 24.4 Å². The predicted octanol–water partition coefficient (Wildman–Crippen LogP) is 1.42. The monoisotopic (exact) mass is 304 g/mol. The quantitative estimate of drug-likeness (QED) is 0.802. The number of rotatable bonds is 7. The number of hydrogen-bond acceptors (Lipinski definition) is 5. The van der Waals surface area contributed by atoms with E-state index < -0.39 is 5.97 Å². The molecule has 0 bridgehead atoms. The summed E-state index contributed by atoms with van der Waals surface area (Å²) in [6.07, 6.45) is 1.87. The first-order chi connectivity index (χ1) is 10.6. The Kier molecular flexibility index (Phi) is 5.13. The molecule has 0 fully saturated rings. The minimum absolute atomic E-state index is 0.220. The van der Waals surface area contributed by atoms with Crippen LogP contribution >= 0.6 is 0 Å². The Bertz CT molecular complexity index is 648. The number of benzene rings is 1. The third kappa shape index (κ3) is 4.34. The van der Waals surface area contributed by atoms with Crippen molar-refractivity contribution >= 4 is 11.9 Å². The second-order valence-corrected chi connectivity index (χ2v) is 4.60. The summed E-state index contributed by atoms with van der Waals surface area (Å²) in [6, 6.07) is 7.04. The van der Waals surface area contributed by atoms with Gasteiger partial charge in [0.25, 0.3) is 5.91 Å². The molecule has 1 heterocycles. The molecule has 0 aliphatic carbocycles. The molecular formula is C15H16N2O5. The molecule has 1 amide bonds. The molecule has 22 heavy (non-hydrogen) atoms. The summed E-state index contributed by atoms with van der Waals surface area (Å²) in [5.74, 6) is -0.601. The minimum Gasteiger partial charge on any atom is -0.482 e. The van der Waals surface area contributed by atoms with Gasteiger partial charge in [0.05, 0.1) is 5.69 Å². The number of carbonyl (C=O) groups excluding carboxylic acids is 1. The van der Waals surface area contributed by atoms with Crippen LogP contribution in [0.2, 0.25) is 0 Å². The van der Waals surface area contributed by atoms with Crippen LogP contribution in [0.4, 0.5) is 0 Å². The average Bonchev–Trinajstić information content (AvgIpc) is 2.92. The molecule has 1 aromatic heterocycles. The molecule has 0 saturated heterocycles. The van der Waals surface area contributed by atoms with Crippen LogP contribution in [0.5, 0.6) is 5.75 Å². The molecule has 0 radical (unpaired) electrons. The van der Waals surface area contributed by atoms with E-state index in [2.05, 4.69) is 10.3 Å². The van der Waals surface area contributed by atoms with E-state index in [9.17, 15) is 9.59 Å². The fourth-order valence-corrected chi connectivity index (χ4v) is 1.82. The van der Waals surface area contributed by atoms with Crippen molar-refractivity contribution in [2.24, 2.45) is 0 Å². The van der Waals surface area contributed by atoms with Crippen LogP contribution in [0, 0.1) is 6.92 Å². The lowest BCUT2D eigenvalue weighted by Crippen LogP contribution is -2.25. The Balaban J connectivity index is 1.78. The van der Waals surface area contributed by atoms with Crippen molar-refractivity contribution in [3.8, 4) is 5.75 Å². The molecule has 7 heteroatoms. The molecule has 0 atom stereocenters. The molecule has 1 aromatic carbocycles. The van der Waals surface area contributed by atoms with Crippen molar-refractivity contribution < 1.29 is 23.8 Å². The van der Waals surface area contributed by atoms with Crippen LogP contribution in [0.3, 0.4) is 0 Å². The number of ether oxygens (including phenoxy) is 1. The molecule has 2 rings (SSSR count). The van der Waals surface area contributed by atoms with E-state index in [0.717, 1.165) is 5.56 Å². The lowest BCUT2D eigenvalue weighted by Gasteiger charge is -2.06. The maximum atomic E-state index is 11.8. The third-order valence-corrected chi connectivity index (χ3v) is 2.94. The lowest BCUT2D eigenvalue weighted by atomic mass is 10.1. The first kappa shape index (κ1) is 15.6. The van der Waals surface area contributed by atoms with Gasteiger partial charge in [-0.3, -0.25) is 4.79 Å². The van der Waals surface area contributed by atoms with Gasteiger partial charge in [-0.1, -0.05) is 12.1 Å². The Hall–Kier alpha value is -2.83. The summed E-state index contributed by atoms with van der Waals surface area (Å²) in [6.45, 7) is 1.79. The number of nitrogens with zero attached hydrogens (tertiary/aromatic N) is 1. The lowest BCUT2D eigenvalue weighted by molar-refractivity contribution is -0.139. The van der Waals surface area contributed by atoms with E-state index in [4.69, 9.17) is 14.3 Å². The molecule has 0 aliphatic heterocycles. The largest absolute Gasteiger partial charge is 0.482 e. The number of amides is 1. The maximum Gasteiger partial charge on any atom is 0.341 e. The molecule has 116 valence electrons. The third-order valence-electron chi connectivity index (χ3n) is 2.94. The van der Waals surface area contributed by atoms with E-state index >= 15 is 0 Å². The van der Waals surface area contributed by atoms with Crippen molar-refractivity contribution in [2.45, 2.75) is 13.3 Å². The van der Waals surface area contributed by atoms with Gasteiger partial charge in [0.1, 0.15) is 5.75 Å². The van der Waals surface area contributed by atoms with Crippen molar-refractivity contribution in [1.29, 1.82) is 0 Å². The van der Waals surface area contributed by atoms with Gasteiger partial charge in [-0.15, -0.1) is 0 Å². The summed E-state index contributed by atoms with van der Waals surface area (Å²) in [7, 11) is 0. The normalized spacial score (nSPS) is 10.2. The number of aliphatic carboxylic acids is 1.